The van der Waals surface area contributed by atoms with Crippen LogP contribution in [0.4, 0.5) is 4.79 Å². The third-order valence-corrected chi connectivity index (χ3v) is 5.00. The highest BCUT2D eigenvalue weighted by Gasteiger charge is 2.25. The molecular formula is C21H32N2O3. The summed E-state index contributed by atoms with van der Waals surface area (Å²) in [6, 6.07) is 8.68. The van der Waals surface area contributed by atoms with Crippen molar-refractivity contribution in [3.8, 4) is 0 Å². The monoisotopic (exact) mass is 360 g/mol. The predicted octanol–water partition coefficient (Wildman–Crippen LogP) is 3.73. The number of nitrogens with zero attached hydrogens (tertiary/aromatic N) is 1. The van der Waals surface area contributed by atoms with Crippen LogP contribution in [0.1, 0.15) is 57.6 Å². The van der Waals surface area contributed by atoms with E-state index in [2.05, 4.69) is 43.4 Å². The molecule has 1 saturated heterocycles. The summed E-state index contributed by atoms with van der Waals surface area (Å²) >= 11 is 0. The van der Waals surface area contributed by atoms with Crippen LogP contribution >= 0.6 is 0 Å². The van der Waals surface area contributed by atoms with Crippen molar-refractivity contribution in [3.63, 3.8) is 0 Å². The summed E-state index contributed by atoms with van der Waals surface area (Å²) in [6.07, 6.45) is 2.04. The fourth-order valence-corrected chi connectivity index (χ4v) is 3.25. The van der Waals surface area contributed by atoms with Crippen LogP contribution in [0.3, 0.4) is 0 Å². The quantitative estimate of drug-likeness (QED) is 0.841. The van der Waals surface area contributed by atoms with Gasteiger partial charge in [-0.2, -0.15) is 0 Å². The normalized spacial score (nSPS) is 16.4. The number of carbonyl (C=O) groups excluding carboxylic acids is 2. The summed E-state index contributed by atoms with van der Waals surface area (Å²) in [7, 11) is 0. The van der Waals surface area contributed by atoms with Crippen LogP contribution in [-0.4, -0.2) is 42.6 Å². The Morgan fingerprint density at radius 3 is 2.31 bits per heavy atom. The number of carbonyl (C=O) groups is 2. The van der Waals surface area contributed by atoms with E-state index in [1.54, 1.807) is 4.90 Å². The van der Waals surface area contributed by atoms with Crippen molar-refractivity contribution in [3.05, 3.63) is 35.4 Å². The Morgan fingerprint density at radius 2 is 1.77 bits per heavy atom. The zero-order chi connectivity index (χ0) is 19.1. The van der Waals surface area contributed by atoms with Gasteiger partial charge in [-0.25, -0.2) is 4.79 Å². The highest BCUT2D eigenvalue weighted by atomic mass is 16.6. The molecule has 1 fully saturated rings. The maximum atomic E-state index is 12.5. The molecule has 0 saturated carbocycles. The van der Waals surface area contributed by atoms with E-state index in [1.165, 1.54) is 11.1 Å². The standard InChI is InChI=1S/C21H32N2O3/c1-5-26-21(25)23-12-10-19(11-13-23)22-20(24)16(4)14-17-6-8-18(9-7-17)15(2)3/h6-9,15-16,19H,5,10-14H2,1-4H3,(H,22,24). The van der Waals surface area contributed by atoms with E-state index >= 15 is 0 Å². The lowest BCUT2D eigenvalue weighted by Gasteiger charge is -2.32. The van der Waals surface area contributed by atoms with Crippen LogP contribution in [0.25, 0.3) is 0 Å². The van der Waals surface area contributed by atoms with E-state index in [1.807, 2.05) is 13.8 Å². The van der Waals surface area contributed by atoms with Crippen LogP contribution < -0.4 is 5.32 Å². The summed E-state index contributed by atoms with van der Waals surface area (Å²) in [6.45, 7) is 9.80. The highest BCUT2D eigenvalue weighted by molar-refractivity contribution is 5.79. The molecule has 0 spiro atoms. The van der Waals surface area contributed by atoms with Gasteiger partial charge in [0, 0.05) is 25.0 Å². The van der Waals surface area contributed by atoms with E-state index in [0.29, 0.717) is 25.6 Å². The molecule has 1 aromatic carbocycles. The van der Waals surface area contributed by atoms with E-state index in [4.69, 9.17) is 4.74 Å². The van der Waals surface area contributed by atoms with E-state index < -0.39 is 0 Å². The average Bonchev–Trinajstić information content (AvgIpc) is 2.63. The lowest BCUT2D eigenvalue weighted by molar-refractivity contribution is -0.125. The van der Waals surface area contributed by atoms with Crippen LogP contribution in [0.2, 0.25) is 0 Å². The number of hydrogen-bond donors (Lipinski definition) is 1. The minimum atomic E-state index is -0.254. The second-order valence-corrected chi connectivity index (χ2v) is 7.47. The number of nitrogens with one attached hydrogen (secondary N) is 1. The van der Waals surface area contributed by atoms with Gasteiger partial charge in [-0.05, 0) is 43.2 Å². The summed E-state index contributed by atoms with van der Waals surface area (Å²) < 4.78 is 5.02. The first-order valence-corrected chi connectivity index (χ1v) is 9.71. The van der Waals surface area contributed by atoms with Crippen LogP contribution in [0, 0.1) is 5.92 Å². The average molecular weight is 360 g/mol. The molecule has 1 unspecified atom stereocenters. The zero-order valence-electron chi connectivity index (χ0n) is 16.5. The van der Waals surface area contributed by atoms with Crippen molar-refractivity contribution in [2.24, 2.45) is 5.92 Å². The van der Waals surface area contributed by atoms with Crippen molar-refractivity contribution >= 4 is 12.0 Å². The van der Waals surface area contributed by atoms with Crippen LogP contribution in [0.15, 0.2) is 24.3 Å². The van der Waals surface area contributed by atoms with Gasteiger partial charge < -0.3 is 15.0 Å². The molecule has 0 aliphatic carbocycles. The topological polar surface area (TPSA) is 58.6 Å². The van der Waals surface area contributed by atoms with Gasteiger partial charge in [-0.1, -0.05) is 45.0 Å². The lowest BCUT2D eigenvalue weighted by Crippen LogP contribution is -2.47. The lowest BCUT2D eigenvalue weighted by atomic mass is 9.96. The molecule has 0 radical (unpaired) electrons. The Labute approximate surface area is 157 Å². The number of amides is 2. The van der Waals surface area contributed by atoms with Crippen molar-refractivity contribution in [2.75, 3.05) is 19.7 Å². The molecule has 26 heavy (non-hydrogen) atoms. The number of piperidine rings is 1. The Balaban J connectivity index is 1.78. The van der Waals surface area contributed by atoms with Gasteiger partial charge in [0.1, 0.15) is 0 Å². The van der Waals surface area contributed by atoms with Crippen molar-refractivity contribution < 1.29 is 14.3 Å². The summed E-state index contributed by atoms with van der Waals surface area (Å²) in [5.74, 6) is 0.542. The molecule has 1 aliphatic rings. The smallest absolute Gasteiger partial charge is 0.409 e. The molecule has 0 aromatic heterocycles. The minimum Gasteiger partial charge on any atom is -0.450 e. The molecule has 1 aromatic rings. The van der Waals surface area contributed by atoms with E-state index in [-0.39, 0.29) is 24.0 Å². The third-order valence-electron chi connectivity index (χ3n) is 5.00. The molecule has 1 aliphatic heterocycles. The molecule has 1 N–H and O–H groups in total. The number of rotatable bonds is 6. The SMILES string of the molecule is CCOC(=O)N1CCC(NC(=O)C(C)Cc2ccc(C(C)C)cc2)CC1. The van der Waals surface area contributed by atoms with Gasteiger partial charge in [-0.15, -0.1) is 0 Å². The summed E-state index contributed by atoms with van der Waals surface area (Å²) in [5, 5.41) is 3.14. The molecule has 1 heterocycles. The first-order chi connectivity index (χ1) is 12.4. The molecule has 5 heteroatoms. The minimum absolute atomic E-state index is 0.0667. The molecule has 0 bridgehead atoms. The van der Waals surface area contributed by atoms with Gasteiger partial charge in [-0.3, -0.25) is 4.79 Å². The number of likely N-dealkylation sites (tertiary alicyclic amines) is 1. The fourth-order valence-electron chi connectivity index (χ4n) is 3.25. The van der Waals surface area contributed by atoms with Gasteiger partial charge in [0.15, 0.2) is 0 Å². The first-order valence-electron chi connectivity index (χ1n) is 9.71. The van der Waals surface area contributed by atoms with Crippen LogP contribution in [-0.2, 0) is 16.0 Å². The molecule has 144 valence electrons. The van der Waals surface area contributed by atoms with Gasteiger partial charge in [0.25, 0.3) is 0 Å². The fraction of sp³-hybridized carbons (Fsp3) is 0.619. The first kappa shape index (κ1) is 20.3. The highest BCUT2D eigenvalue weighted by Crippen LogP contribution is 2.17. The number of hydrogen-bond acceptors (Lipinski definition) is 3. The predicted molar refractivity (Wildman–Crippen MR) is 103 cm³/mol. The van der Waals surface area contributed by atoms with Crippen molar-refractivity contribution in [1.29, 1.82) is 0 Å². The number of ether oxygens (including phenoxy) is 1. The maximum Gasteiger partial charge on any atom is 0.409 e. The Kier molecular flexibility index (Phi) is 7.49. The van der Waals surface area contributed by atoms with Gasteiger partial charge in [0.05, 0.1) is 6.61 Å². The second kappa shape index (κ2) is 9.60. The zero-order valence-corrected chi connectivity index (χ0v) is 16.5. The molecule has 2 amide bonds. The van der Waals surface area contributed by atoms with E-state index in [0.717, 1.165) is 19.3 Å². The van der Waals surface area contributed by atoms with Crippen LogP contribution in [0.5, 0.6) is 0 Å². The van der Waals surface area contributed by atoms with Crippen molar-refractivity contribution in [2.45, 2.75) is 58.9 Å². The number of benzene rings is 1. The summed E-state index contributed by atoms with van der Waals surface area (Å²) in [4.78, 5) is 25.9. The molecular weight excluding hydrogens is 328 g/mol. The largest absolute Gasteiger partial charge is 0.450 e. The maximum absolute atomic E-state index is 12.5. The Bertz CT molecular complexity index is 590. The summed E-state index contributed by atoms with van der Waals surface area (Å²) in [5.41, 5.74) is 2.51. The van der Waals surface area contributed by atoms with Crippen molar-refractivity contribution in [1.82, 2.24) is 10.2 Å². The van der Waals surface area contributed by atoms with Gasteiger partial charge in [0.2, 0.25) is 5.91 Å². The Morgan fingerprint density at radius 1 is 1.15 bits per heavy atom. The second-order valence-electron chi connectivity index (χ2n) is 7.47. The molecule has 1 atom stereocenters. The Hall–Kier alpha value is -2.04. The van der Waals surface area contributed by atoms with E-state index in [9.17, 15) is 9.59 Å². The molecule has 2 rings (SSSR count). The third kappa shape index (κ3) is 5.75. The van der Waals surface area contributed by atoms with Gasteiger partial charge >= 0.3 is 6.09 Å². The molecule has 5 nitrogen and oxygen atoms in total.